The summed E-state index contributed by atoms with van der Waals surface area (Å²) in [5.74, 6) is -1.68. The molecule has 17 heavy (non-hydrogen) atoms. The minimum Gasteiger partial charge on any atom is -0.477 e. The highest BCUT2D eigenvalue weighted by Crippen LogP contribution is 2.03. The Morgan fingerprint density at radius 1 is 1.35 bits per heavy atom. The van der Waals surface area contributed by atoms with Gasteiger partial charge < -0.3 is 5.11 Å². The third-order valence-electron chi connectivity index (χ3n) is 2.14. The lowest BCUT2D eigenvalue weighted by Gasteiger charge is -2.04. The number of aromatic nitrogens is 2. The van der Waals surface area contributed by atoms with E-state index in [1.165, 1.54) is 24.4 Å². The van der Waals surface area contributed by atoms with Crippen LogP contribution in [0.25, 0.3) is 5.82 Å². The van der Waals surface area contributed by atoms with Crippen molar-refractivity contribution >= 4 is 5.97 Å². The van der Waals surface area contributed by atoms with Crippen molar-refractivity contribution in [2.75, 3.05) is 0 Å². The maximum atomic E-state index is 12.7. The van der Waals surface area contributed by atoms with Gasteiger partial charge in [-0.25, -0.2) is 14.2 Å². The van der Waals surface area contributed by atoms with Crippen LogP contribution in [0.4, 0.5) is 4.39 Å². The summed E-state index contributed by atoms with van der Waals surface area (Å²) in [5.41, 5.74) is -1.07. The van der Waals surface area contributed by atoms with Crippen molar-refractivity contribution in [2.24, 2.45) is 0 Å². The van der Waals surface area contributed by atoms with Gasteiger partial charge in [-0.05, 0) is 24.3 Å². The maximum absolute atomic E-state index is 12.7. The fraction of sp³-hybridized carbons (Fsp3) is 0. The average Bonchev–Trinajstić information content (AvgIpc) is 2.30. The lowest BCUT2D eigenvalue weighted by Crippen LogP contribution is -2.24. The Kier molecular flexibility index (Phi) is 2.70. The molecule has 0 aliphatic rings. The number of carboxylic acid groups (broad SMARTS) is 1. The van der Waals surface area contributed by atoms with E-state index in [1.54, 1.807) is 0 Å². The molecule has 0 atom stereocenters. The van der Waals surface area contributed by atoms with Gasteiger partial charge in [-0.15, -0.1) is 0 Å². The van der Waals surface area contributed by atoms with E-state index in [0.29, 0.717) is 0 Å². The third kappa shape index (κ3) is 2.05. The Hall–Kier alpha value is -2.50. The van der Waals surface area contributed by atoms with Crippen LogP contribution in [0.15, 0.2) is 41.5 Å². The zero-order valence-electron chi connectivity index (χ0n) is 8.50. The van der Waals surface area contributed by atoms with Crippen molar-refractivity contribution < 1.29 is 14.3 Å². The number of pyridine rings is 2. The van der Waals surface area contributed by atoms with E-state index in [9.17, 15) is 14.0 Å². The lowest BCUT2D eigenvalue weighted by molar-refractivity contribution is 0.0694. The minimum absolute atomic E-state index is 0.166. The Morgan fingerprint density at radius 3 is 2.71 bits per heavy atom. The summed E-state index contributed by atoms with van der Waals surface area (Å²) in [6.45, 7) is 0. The van der Waals surface area contributed by atoms with Crippen LogP contribution in [-0.2, 0) is 0 Å². The molecule has 0 amide bonds. The van der Waals surface area contributed by atoms with E-state index in [-0.39, 0.29) is 11.4 Å². The van der Waals surface area contributed by atoms with Crippen molar-refractivity contribution in [1.82, 2.24) is 9.55 Å². The number of aromatic carboxylic acids is 1. The molecule has 2 aromatic heterocycles. The summed E-state index contributed by atoms with van der Waals surface area (Å²) in [7, 11) is 0. The second kappa shape index (κ2) is 4.17. The molecule has 0 radical (unpaired) electrons. The quantitative estimate of drug-likeness (QED) is 0.843. The number of hydrogen-bond acceptors (Lipinski definition) is 3. The first-order chi connectivity index (χ1) is 8.09. The molecule has 6 heteroatoms. The van der Waals surface area contributed by atoms with Crippen LogP contribution in [0.1, 0.15) is 10.4 Å². The second-order valence-electron chi connectivity index (χ2n) is 3.24. The summed E-state index contributed by atoms with van der Waals surface area (Å²) >= 11 is 0. The Morgan fingerprint density at radius 2 is 2.12 bits per heavy atom. The summed E-state index contributed by atoms with van der Waals surface area (Å²) in [5, 5.41) is 8.79. The van der Waals surface area contributed by atoms with E-state index in [1.807, 2.05) is 0 Å². The topological polar surface area (TPSA) is 72.2 Å². The highest BCUT2D eigenvalue weighted by molar-refractivity contribution is 5.87. The zero-order valence-corrected chi connectivity index (χ0v) is 8.50. The van der Waals surface area contributed by atoms with Crippen LogP contribution in [0.2, 0.25) is 0 Å². The fourth-order valence-corrected chi connectivity index (χ4v) is 1.35. The second-order valence-corrected chi connectivity index (χ2v) is 3.24. The van der Waals surface area contributed by atoms with Gasteiger partial charge >= 0.3 is 5.97 Å². The van der Waals surface area contributed by atoms with Crippen LogP contribution in [0.3, 0.4) is 0 Å². The number of hydrogen-bond donors (Lipinski definition) is 1. The molecule has 86 valence electrons. The molecule has 0 saturated carbocycles. The molecule has 2 aromatic rings. The smallest absolute Gasteiger partial charge is 0.341 e. The molecule has 0 aromatic carbocycles. The molecule has 0 aliphatic carbocycles. The molecule has 0 fully saturated rings. The largest absolute Gasteiger partial charge is 0.477 e. The summed E-state index contributed by atoms with van der Waals surface area (Å²) in [6.07, 6.45) is 2.32. The van der Waals surface area contributed by atoms with Crippen molar-refractivity contribution in [3.63, 3.8) is 0 Å². The molecule has 0 bridgehead atoms. The van der Waals surface area contributed by atoms with E-state index in [4.69, 9.17) is 5.11 Å². The molecule has 1 N–H and O–H groups in total. The number of carboxylic acids is 1. The Bertz CT molecular complexity index is 619. The predicted octanol–water partition coefficient (Wildman–Crippen LogP) is 1.07. The molecular formula is C11H7FN2O3. The number of nitrogens with zero attached hydrogens (tertiary/aromatic N) is 2. The highest BCUT2D eigenvalue weighted by atomic mass is 19.1. The van der Waals surface area contributed by atoms with Gasteiger partial charge in [-0.2, -0.15) is 0 Å². The Balaban J connectivity index is 2.61. The van der Waals surface area contributed by atoms with E-state index >= 15 is 0 Å². The molecule has 0 aliphatic heterocycles. The molecule has 0 spiro atoms. The van der Waals surface area contributed by atoms with Crippen molar-refractivity contribution in [1.29, 1.82) is 0 Å². The SMILES string of the molecule is O=C(O)c1cccn(-c2ccc(F)cn2)c1=O. The van der Waals surface area contributed by atoms with Gasteiger partial charge in [-0.1, -0.05) is 0 Å². The van der Waals surface area contributed by atoms with Gasteiger partial charge in [0.1, 0.15) is 17.2 Å². The van der Waals surface area contributed by atoms with Crippen LogP contribution in [0.5, 0.6) is 0 Å². The monoisotopic (exact) mass is 234 g/mol. The Labute approximate surface area is 94.8 Å². The van der Waals surface area contributed by atoms with Gasteiger partial charge in [0.2, 0.25) is 0 Å². The molecule has 2 heterocycles. The van der Waals surface area contributed by atoms with Crippen molar-refractivity contribution in [3.8, 4) is 5.82 Å². The van der Waals surface area contributed by atoms with Gasteiger partial charge in [0.25, 0.3) is 5.56 Å². The van der Waals surface area contributed by atoms with E-state index in [2.05, 4.69) is 4.98 Å². The molecule has 2 rings (SSSR count). The summed E-state index contributed by atoms with van der Waals surface area (Å²) in [4.78, 5) is 26.2. The summed E-state index contributed by atoms with van der Waals surface area (Å²) < 4.78 is 13.7. The normalized spacial score (nSPS) is 10.2. The number of carbonyl (C=O) groups is 1. The fourth-order valence-electron chi connectivity index (χ4n) is 1.35. The minimum atomic E-state index is -1.31. The molecular weight excluding hydrogens is 227 g/mol. The summed E-state index contributed by atoms with van der Waals surface area (Å²) in [6, 6.07) is 5.05. The lowest BCUT2D eigenvalue weighted by atomic mass is 10.3. The zero-order chi connectivity index (χ0) is 12.4. The van der Waals surface area contributed by atoms with Gasteiger partial charge in [0, 0.05) is 6.20 Å². The third-order valence-corrected chi connectivity index (χ3v) is 2.14. The standard InChI is InChI=1S/C11H7FN2O3/c12-7-3-4-9(13-6-7)14-5-1-2-8(10(14)15)11(16)17/h1-6H,(H,16,17). The van der Waals surface area contributed by atoms with Crippen LogP contribution in [0, 0.1) is 5.82 Å². The highest BCUT2D eigenvalue weighted by Gasteiger charge is 2.11. The number of rotatable bonds is 2. The first-order valence-electron chi connectivity index (χ1n) is 4.66. The van der Waals surface area contributed by atoms with Crippen LogP contribution < -0.4 is 5.56 Å². The maximum Gasteiger partial charge on any atom is 0.341 e. The first-order valence-corrected chi connectivity index (χ1v) is 4.66. The average molecular weight is 234 g/mol. The molecule has 0 saturated heterocycles. The van der Waals surface area contributed by atoms with Crippen molar-refractivity contribution in [2.45, 2.75) is 0 Å². The van der Waals surface area contributed by atoms with Crippen LogP contribution in [-0.4, -0.2) is 20.6 Å². The first kappa shape index (κ1) is 11.0. The number of halogens is 1. The van der Waals surface area contributed by atoms with Gasteiger partial charge in [0.15, 0.2) is 0 Å². The predicted molar refractivity (Wildman–Crippen MR) is 56.8 cm³/mol. The van der Waals surface area contributed by atoms with Crippen LogP contribution >= 0.6 is 0 Å². The molecule has 5 nitrogen and oxygen atoms in total. The molecule has 0 unspecified atom stereocenters. The van der Waals surface area contributed by atoms with Gasteiger partial charge in [-0.3, -0.25) is 9.36 Å². The van der Waals surface area contributed by atoms with Crippen molar-refractivity contribution in [3.05, 3.63) is 58.4 Å². The van der Waals surface area contributed by atoms with Gasteiger partial charge in [0.05, 0.1) is 6.20 Å². The van der Waals surface area contributed by atoms with E-state index in [0.717, 1.165) is 16.8 Å². The van der Waals surface area contributed by atoms with E-state index < -0.39 is 17.3 Å².